The Hall–Kier alpha value is -1.74. The Kier molecular flexibility index (Phi) is 5.01. The molecule has 2 aliphatic heterocycles. The molecule has 5 rings (SSSR count). The summed E-state index contributed by atoms with van der Waals surface area (Å²) in [5.74, 6) is 2.00. The van der Waals surface area contributed by atoms with Crippen LogP contribution in [0, 0.1) is 17.8 Å². The molecule has 0 aromatic carbocycles. The van der Waals surface area contributed by atoms with Crippen molar-refractivity contribution in [2.75, 3.05) is 19.3 Å². The van der Waals surface area contributed by atoms with Crippen molar-refractivity contribution in [1.29, 1.82) is 0 Å². The molecule has 164 valence electrons. The molecule has 2 aliphatic carbocycles. The van der Waals surface area contributed by atoms with Gasteiger partial charge in [0.2, 0.25) is 15.9 Å². The molecule has 4 aliphatic rings. The average molecular weight is 435 g/mol. The van der Waals surface area contributed by atoms with Gasteiger partial charge in [-0.25, -0.2) is 13.4 Å². The van der Waals surface area contributed by atoms with E-state index >= 15 is 0 Å². The van der Waals surface area contributed by atoms with Gasteiger partial charge in [-0.05, 0) is 50.4 Å². The third-order valence-corrected chi connectivity index (χ3v) is 8.82. The lowest BCUT2D eigenvalue weighted by atomic mass is 9.99. The van der Waals surface area contributed by atoms with Crippen LogP contribution in [0.4, 0.5) is 0 Å². The minimum absolute atomic E-state index is 0.124. The van der Waals surface area contributed by atoms with E-state index in [2.05, 4.69) is 4.98 Å². The fraction of sp³-hybridized carbons (Fsp3) is 0.762. The highest BCUT2D eigenvalue weighted by atomic mass is 32.2. The number of carbonyl (C=O) groups excluding carboxylic acids is 1. The van der Waals surface area contributed by atoms with Gasteiger partial charge in [0.1, 0.15) is 5.82 Å². The second-order valence-electron chi connectivity index (χ2n) is 9.40. The maximum Gasteiger partial charge on any atom is 0.254 e. The number of fused-ring (bicyclic) bond motifs is 2. The molecule has 30 heavy (non-hydrogen) atoms. The molecule has 0 spiro atoms. The van der Waals surface area contributed by atoms with Gasteiger partial charge >= 0.3 is 0 Å². The lowest BCUT2D eigenvalue weighted by Crippen LogP contribution is -2.43. The molecule has 3 heterocycles. The number of nitrogens with one attached hydrogen (secondary N) is 1. The topological polar surface area (TPSA) is 103 Å². The zero-order chi connectivity index (χ0) is 21.0. The van der Waals surface area contributed by atoms with Crippen LogP contribution in [-0.2, 0) is 27.8 Å². The SMILES string of the molecule is CS(=O)(=O)N1CCc2c(nc([C@@H]3CCCCN3C(=O)C3[C@H]4CCCC[C@@H]34)[nH]c2=O)C1. The fourth-order valence-corrected chi connectivity index (χ4v) is 6.69. The van der Waals surface area contributed by atoms with Crippen molar-refractivity contribution < 1.29 is 13.2 Å². The number of aromatic nitrogens is 2. The Morgan fingerprint density at radius 1 is 1.07 bits per heavy atom. The van der Waals surface area contributed by atoms with Gasteiger partial charge in [0.25, 0.3) is 5.56 Å². The third kappa shape index (κ3) is 3.49. The van der Waals surface area contributed by atoms with Crippen molar-refractivity contribution in [3.63, 3.8) is 0 Å². The smallest absolute Gasteiger partial charge is 0.254 e. The summed E-state index contributed by atoms with van der Waals surface area (Å²) < 4.78 is 25.3. The molecule has 1 aromatic rings. The van der Waals surface area contributed by atoms with Crippen LogP contribution >= 0.6 is 0 Å². The van der Waals surface area contributed by atoms with Gasteiger partial charge in [0.05, 0.1) is 24.5 Å². The van der Waals surface area contributed by atoms with Crippen molar-refractivity contribution in [3.8, 4) is 0 Å². The van der Waals surface area contributed by atoms with E-state index in [-0.39, 0.29) is 30.0 Å². The first kappa shape index (κ1) is 20.2. The molecule has 0 radical (unpaired) electrons. The molecule has 4 atom stereocenters. The number of likely N-dealkylation sites (tertiary alicyclic amines) is 1. The molecule has 1 N–H and O–H groups in total. The van der Waals surface area contributed by atoms with Gasteiger partial charge in [-0.2, -0.15) is 4.31 Å². The van der Waals surface area contributed by atoms with Crippen molar-refractivity contribution >= 4 is 15.9 Å². The summed E-state index contributed by atoms with van der Waals surface area (Å²) in [6, 6.07) is -0.222. The fourth-order valence-electron chi connectivity index (χ4n) is 5.91. The van der Waals surface area contributed by atoms with E-state index in [0.717, 1.165) is 32.1 Å². The largest absolute Gasteiger partial charge is 0.332 e. The van der Waals surface area contributed by atoms with Gasteiger partial charge < -0.3 is 9.88 Å². The summed E-state index contributed by atoms with van der Waals surface area (Å²) in [5, 5.41) is 0. The van der Waals surface area contributed by atoms with E-state index in [0.29, 0.717) is 48.4 Å². The Bertz CT molecular complexity index is 1010. The highest BCUT2D eigenvalue weighted by molar-refractivity contribution is 7.88. The second kappa shape index (κ2) is 7.44. The van der Waals surface area contributed by atoms with Gasteiger partial charge in [-0.3, -0.25) is 9.59 Å². The molecular weight excluding hydrogens is 404 g/mol. The van der Waals surface area contributed by atoms with E-state index in [1.165, 1.54) is 23.4 Å². The summed E-state index contributed by atoms with van der Waals surface area (Å²) in [5.41, 5.74) is 0.908. The Morgan fingerprint density at radius 3 is 2.47 bits per heavy atom. The van der Waals surface area contributed by atoms with Crippen molar-refractivity contribution in [3.05, 3.63) is 27.4 Å². The van der Waals surface area contributed by atoms with Crippen LogP contribution in [0.1, 0.15) is 68.1 Å². The maximum absolute atomic E-state index is 13.4. The van der Waals surface area contributed by atoms with E-state index in [9.17, 15) is 18.0 Å². The van der Waals surface area contributed by atoms with Crippen LogP contribution in [0.5, 0.6) is 0 Å². The lowest BCUT2D eigenvalue weighted by molar-refractivity contribution is -0.137. The van der Waals surface area contributed by atoms with Crippen molar-refractivity contribution in [1.82, 2.24) is 19.2 Å². The van der Waals surface area contributed by atoms with Crippen LogP contribution in [0.25, 0.3) is 0 Å². The predicted octanol–water partition coefficient (Wildman–Crippen LogP) is 1.58. The first-order valence-corrected chi connectivity index (χ1v) is 13.1. The molecule has 1 aromatic heterocycles. The molecule has 0 bridgehead atoms. The zero-order valence-corrected chi connectivity index (χ0v) is 18.3. The van der Waals surface area contributed by atoms with E-state index in [1.807, 2.05) is 4.90 Å². The Morgan fingerprint density at radius 2 is 1.77 bits per heavy atom. The summed E-state index contributed by atoms with van der Waals surface area (Å²) in [7, 11) is -3.34. The number of carbonyl (C=O) groups is 1. The number of H-pyrrole nitrogens is 1. The van der Waals surface area contributed by atoms with Gasteiger partial charge in [-0.1, -0.05) is 12.8 Å². The quantitative estimate of drug-likeness (QED) is 0.778. The van der Waals surface area contributed by atoms with Crippen molar-refractivity contribution in [2.45, 2.75) is 64.0 Å². The number of rotatable bonds is 3. The van der Waals surface area contributed by atoms with E-state index in [4.69, 9.17) is 4.98 Å². The summed E-state index contributed by atoms with van der Waals surface area (Å²) in [6.45, 7) is 1.13. The van der Waals surface area contributed by atoms with Crippen molar-refractivity contribution in [2.24, 2.45) is 17.8 Å². The standard InChI is InChI=1S/C21H30N4O4S/c1-30(28,29)24-11-9-15-16(12-24)22-19(23-20(15)26)17-8-4-5-10-25(17)21(27)18-13-6-2-3-7-14(13)18/h13-14,17-18H,2-12H2,1H3,(H,22,23,26)/t13-,14+,17-,18?/m0/s1. The normalized spacial score (nSPS) is 31.7. The first-order valence-electron chi connectivity index (χ1n) is 11.2. The summed E-state index contributed by atoms with van der Waals surface area (Å²) in [4.78, 5) is 35.7. The van der Waals surface area contributed by atoms with Crippen LogP contribution < -0.4 is 5.56 Å². The monoisotopic (exact) mass is 434 g/mol. The Balaban J connectivity index is 1.43. The molecule has 8 nitrogen and oxygen atoms in total. The predicted molar refractivity (Wildman–Crippen MR) is 111 cm³/mol. The minimum Gasteiger partial charge on any atom is -0.332 e. The van der Waals surface area contributed by atoms with Gasteiger partial charge in [-0.15, -0.1) is 0 Å². The number of piperidine rings is 1. The summed E-state index contributed by atoms with van der Waals surface area (Å²) >= 11 is 0. The maximum atomic E-state index is 13.4. The Labute approximate surface area is 177 Å². The highest BCUT2D eigenvalue weighted by Crippen LogP contribution is 2.56. The van der Waals surface area contributed by atoms with E-state index < -0.39 is 10.0 Å². The number of hydrogen-bond acceptors (Lipinski definition) is 5. The third-order valence-electron chi connectivity index (χ3n) is 7.57. The number of amides is 1. The van der Waals surface area contributed by atoms with Gasteiger partial charge in [0, 0.05) is 24.6 Å². The first-order chi connectivity index (χ1) is 14.3. The second-order valence-corrected chi connectivity index (χ2v) is 11.4. The highest BCUT2D eigenvalue weighted by Gasteiger charge is 2.56. The molecular formula is C21H30N4O4S. The zero-order valence-electron chi connectivity index (χ0n) is 17.5. The van der Waals surface area contributed by atoms with Crippen LogP contribution in [-0.4, -0.2) is 52.8 Å². The molecule has 9 heteroatoms. The number of aromatic amines is 1. The number of nitrogens with zero attached hydrogens (tertiary/aromatic N) is 3. The van der Waals surface area contributed by atoms with E-state index in [1.54, 1.807) is 0 Å². The minimum atomic E-state index is -3.34. The number of hydrogen-bond donors (Lipinski definition) is 1. The molecule has 1 saturated heterocycles. The molecule has 3 fully saturated rings. The molecule has 2 saturated carbocycles. The molecule has 1 amide bonds. The number of sulfonamides is 1. The van der Waals surface area contributed by atoms with Crippen LogP contribution in [0.15, 0.2) is 4.79 Å². The lowest BCUT2D eigenvalue weighted by Gasteiger charge is -2.36. The molecule has 1 unspecified atom stereocenters. The van der Waals surface area contributed by atoms with Crippen LogP contribution in [0.3, 0.4) is 0 Å². The average Bonchev–Trinajstić information content (AvgIpc) is 3.46. The van der Waals surface area contributed by atoms with Crippen LogP contribution in [0.2, 0.25) is 0 Å². The van der Waals surface area contributed by atoms with Gasteiger partial charge in [0.15, 0.2) is 0 Å². The summed E-state index contributed by atoms with van der Waals surface area (Å²) in [6.07, 6.45) is 9.07.